The number of thiophene rings is 1. The van der Waals surface area contributed by atoms with Crippen LogP contribution in [0.3, 0.4) is 0 Å². The molecule has 2 aromatic heterocycles. The van der Waals surface area contributed by atoms with Crippen LogP contribution in [0, 0.1) is 0 Å². The highest BCUT2D eigenvalue weighted by Crippen LogP contribution is 2.25. The van der Waals surface area contributed by atoms with Crippen LogP contribution in [0.2, 0.25) is 0 Å². The van der Waals surface area contributed by atoms with E-state index in [4.69, 9.17) is 5.73 Å². The van der Waals surface area contributed by atoms with Gasteiger partial charge in [0.25, 0.3) is 0 Å². The molecular weight excluding hydrogens is 144 g/mol. The number of nitrogens with two attached hydrogens (primary N) is 1. The second kappa shape index (κ2) is 1.95. The standard InChI is InChI=1S/C7H6N2S/c8-6-4-10-7-1-2-9-3-5(6)7/h1-4H,8H2. The number of hydrogen-bond donors (Lipinski definition) is 1. The van der Waals surface area contributed by atoms with Gasteiger partial charge in [-0.25, -0.2) is 0 Å². The fraction of sp³-hybridized carbons (Fsp3) is 0. The monoisotopic (exact) mass is 150 g/mol. The van der Waals surface area contributed by atoms with E-state index >= 15 is 0 Å². The number of aromatic nitrogens is 1. The van der Waals surface area contributed by atoms with E-state index in [9.17, 15) is 0 Å². The zero-order valence-corrected chi connectivity index (χ0v) is 6.06. The average molecular weight is 150 g/mol. The van der Waals surface area contributed by atoms with E-state index in [-0.39, 0.29) is 0 Å². The molecule has 0 bridgehead atoms. The molecule has 2 heterocycles. The maximum Gasteiger partial charge on any atom is 0.0518 e. The van der Waals surface area contributed by atoms with E-state index in [0.717, 1.165) is 11.1 Å². The summed E-state index contributed by atoms with van der Waals surface area (Å²) in [4.78, 5) is 3.97. The molecule has 0 fully saturated rings. The quantitative estimate of drug-likeness (QED) is 0.622. The number of pyridine rings is 1. The highest BCUT2D eigenvalue weighted by molar-refractivity contribution is 7.17. The third kappa shape index (κ3) is 0.675. The first kappa shape index (κ1) is 5.68. The van der Waals surface area contributed by atoms with E-state index in [1.54, 1.807) is 23.7 Å². The van der Waals surface area contributed by atoms with Crippen molar-refractivity contribution in [3.8, 4) is 0 Å². The van der Waals surface area contributed by atoms with Crippen molar-refractivity contribution in [2.24, 2.45) is 0 Å². The topological polar surface area (TPSA) is 38.9 Å². The first-order valence-electron chi connectivity index (χ1n) is 2.94. The Morgan fingerprint density at radius 1 is 1.50 bits per heavy atom. The van der Waals surface area contributed by atoms with Gasteiger partial charge in [0.05, 0.1) is 5.69 Å². The molecule has 0 aromatic carbocycles. The molecule has 0 amide bonds. The van der Waals surface area contributed by atoms with Gasteiger partial charge in [0.15, 0.2) is 0 Å². The van der Waals surface area contributed by atoms with Crippen molar-refractivity contribution in [3.63, 3.8) is 0 Å². The number of hydrogen-bond acceptors (Lipinski definition) is 3. The maximum atomic E-state index is 5.65. The number of anilines is 1. The minimum absolute atomic E-state index is 0.827. The molecule has 0 aliphatic carbocycles. The second-order valence-corrected chi connectivity index (χ2v) is 2.97. The van der Waals surface area contributed by atoms with E-state index in [1.165, 1.54) is 4.70 Å². The van der Waals surface area contributed by atoms with Crippen molar-refractivity contribution < 1.29 is 0 Å². The predicted octanol–water partition coefficient (Wildman–Crippen LogP) is 1.88. The second-order valence-electron chi connectivity index (χ2n) is 2.06. The van der Waals surface area contributed by atoms with Gasteiger partial charge in [-0.05, 0) is 6.07 Å². The van der Waals surface area contributed by atoms with Crippen molar-refractivity contribution in [2.75, 3.05) is 5.73 Å². The minimum atomic E-state index is 0.827. The van der Waals surface area contributed by atoms with Crippen molar-refractivity contribution in [1.29, 1.82) is 0 Å². The molecule has 2 rings (SSSR count). The third-order valence-electron chi connectivity index (χ3n) is 1.40. The normalized spacial score (nSPS) is 10.4. The van der Waals surface area contributed by atoms with Crippen LogP contribution in [0.15, 0.2) is 23.8 Å². The van der Waals surface area contributed by atoms with Crippen LogP contribution in [-0.4, -0.2) is 4.98 Å². The molecule has 0 unspecified atom stereocenters. The lowest BCUT2D eigenvalue weighted by molar-refractivity contribution is 1.37. The molecule has 50 valence electrons. The Morgan fingerprint density at radius 3 is 3.20 bits per heavy atom. The van der Waals surface area contributed by atoms with Gasteiger partial charge in [0.1, 0.15) is 0 Å². The molecule has 2 aromatic rings. The first-order chi connectivity index (χ1) is 4.88. The van der Waals surface area contributed by atoms with Gasteiger partial charge < -0.3 is 5.73 Å². The molecule has 0 spiro atoms. The van der Waals surface area contributed by atoms with Gasteiger partial charge in [-0.15, -0.1) is 11.3 Å². The van der Waals surface area contributed by atoms with Gasteiger partial charge in [0.2, 0.25) is 0 Å². The first-order valence-corrected chi connectivity index (χ1v) is 3.82. The Kier molecular flexibility index (Phi) is 1.11. The summed E-state index contributed by atoms with van der Waals surface area (Å²) in [5.41, 5.74) is 6.47. The summed E-state index contributed by atoms with van der Waals surface area (Å²) in [7, 11) is 0. The fourth-order valence-electron chi connectivity index (χ4n) is 0.892. The molecule has 0 saturated heterocycles. The van der Waals surface area contributed by atoms with E-state index < -0.39 is 0 Å². The van der Waals surface area contributed by atoms with Crippen LogP contribution in [-0.2, 0) is 0 Å². The zero-order chi connectivity index (χ0) is 6.97. The van der Waals surface area contributed by atoms with Gasteiger partial charge in [-0.2, -0.15) is 0 Å². The Bertz CT molecular complexity index is 353. The van der Waals surface area contributed by atoms with Crippen LogP contribution in [0.25, 0.3) is 10.1 Å². The van der Waals surface area contributed by atoms with Gasteiger partial charge in [0, 0.05) is 27.9 Å². The highest BCUT2D eigenvalue weighted by atomic mass is 32.1. The summed E-state index contributed by atoms with van der Waals surface area (Å²) in [5, 5.41) is 3.00. The fourth-order valence-corrected chi connectivity index (χ4v) is 1.71. The van der Waals surface area contributed by atoms with Crippen LogP contribution in [0.1, 0.15) is 0 Å². The summed E-state index contributed by atoms with van der Waals surface area (Å²) in [6.45, 7) is 0. The predicted molar refractivity (Wildman–Crippen MR) is 44.0 cm³/mol. The molecule has 2 N–H and O–H groups in total. The molecular formula is C7H6N2S. The molecule has 0 atom stereocenters. The molecule has 3 heteroatoms. The van der Waals surface area contributed by atoms with E-state index in [0.29, 0.717) is 0 Å². The summed E-state index contributed by atoms with van der Waals surface area (Å²) >= 11 is 1.65. The highest BCUT2D eigenvalue weighted by Gasteiger charge is 1.97. The number of rotatable bonds is 0. The summed E-state index contributed by atoms with van der Waals surface area (Å²) < 4.78 is 1.20. The number of fused-ring (bicyclic) bond motifs is 1. The number of nitrogens with zero attached hydrogens (tertiary/aromatic N) is 1. The minimum Gasteiger partial charge on any atom is -0.398 e. The molecule has 2 nitrogen and oxygen atoms in total. The smallest absolute Gasteiger partial charge is 0.0518 e. The molecule has 0 saturated carbocycles. The van der Waals surface area contributed by atoms with Crippen molar-refractivity contribution in [3.05, 3.63) is 23.8 Å². The summed E-state index contributed by atoms with van der Waals surface area (Å²) in [6.07, 6.45) is 3.57. The Labute approximate surface area is 62.3 Å². The average Bonchev–Trinajstić information content (AvgIpc) is 2.34. The lowest BCUT2D eigenvalue weighted by Crippen LogP contribution is -1.79. The Hall–Kier alpha value is -1.09. The van der Waals surface area contributed by atoms with Gasteiger partial charge in [-0.1, -0.05) is 0 Å². The van der Waals surface area contributed by atoms with E-state index in [2.05, 4.69) is 4.98 Å². The van der Waals surface area contributed by atoms with E-state index in [1.807, 2.05) is 11.4 Å². The van der Waals surface area contributed by atoms with Crippen LogP contribution in [0.4, 0.5) is 5.69 Å². The SMILES string of the molecule is Nc1csc2ccncc12. The van der Waals surface area contributed by atoms with Gasteiger partial charge >= 0.3 is 0 Å². The molecule has 0 radical (unpaired) electrons. The van der Waals surface area contributed by atoms with Gasteiger partial charge in [-0.3, -0.25) is 4.98 Å². The zero-order valence-electron chi connectivity index (χ0n) is 5.24. The van der Waals surface area contributed by atoms with Crippen molar-refractivity contribution in [2.45, 2.75) is 0 Å². The largest absolute Gasteiger partial charge is 0.398 e. The van der Waals surface area contributed by atoms with Crippen LogP contribution in [0.5, 0.6) is 0 Å². The summed E-state index contributed by atoms with van der Waals surface area (Å²) in [5.74, 6) is 0. The summed E-state index contributed by atoms with van der Waals surface area (Å²) in [6, 6.07) is 1.97. The maximum absolute atomic E-state index is 5.65. The molecule has 0 aliphatic rings. The third-order valence-corrected chi connectivity index (χ3v) is 2.39. The lowest BCUT2D eigenvalue weighted by atomic mass is 10.3. The van der Waals surface area contributed by atoms with Crippen LogP contribution >= 0.6 is 11.3 Å². The van der Waals surface area contributed by atoms with Crippen LogP contribution < -0.4 is 5.73 Å². The Balaban J connectivity index is 2.93. The lowest BCUT2D eigenvalue weighted by Gasteiger charge is -1.86. The van der Waals surface area contributed by atoms with Crippen molar-refractivity contribution >= 4 is 27.1 Å². The number of nitrogen functional groups attached to an aromatic ring is 1. The Morgan fingerprint density at radius 2 is 2.40 bits per heavy atom. The molecule has 0 aliphatic heterocycles. The molecule has 10 heavy (non-hydrogen) atoms. The van der Waals surface area contributed by atoms with Crippen molar-refractivity contribution in [1.82, 2.24) is 4.98 Å².